The van der Waals surface area contributed by atoms with E-state index < -0.39 is 7.75 Å². The third-order valence-corrected chi connectivity index (χ3v) is 6.17. The SMILES string of the molecule is CCOc1ccc2c(C#N)c(-c3ccc(NP(=O)(OC)OC)cc3)n(CC)c2c1. The molecule has 0 aliphatic heterocycles. The van der Waals surface area contributed by atoms with E-state index in [4.69, 9.17) is 13.8 Å². The molecule has 0 atom stereocenters. The number of aryl methyl sites for hydroxylation is 1. The van der Waals surface area contributed by atoms with Gasteiger partial charge in [0.05, 0.1) is 23.4 Å². The summed E-state index contributed by atoms with van der Waals surface area (Å²) in [4.78, 5) is 0. The summed E-state index contributed by atoms with van der Waals surface area (Å²) in [5.41, 5.74) is 3.89. The van der Waals surface area contributed by atoms with Crippen molar-refractivity contribution in [2.75, 3.05) is 25.9 Å². The van der Waals surface area contributed by atoms with E-state index in [1.807, 2.05) is 44.2 Å². The first kappa shape index (κ1) is 20.9. The number of nitriles is 1. The summed E-state index contributed by atoms with van der Waals surface area (Å²) in [5, 5.41) is 13.5. The number of ether oxygens (including phenoxy) is 1. The Bertz CT molecular complexity index is 1090. The van der Waals surface area contributed by atoms with Crippen molar-refractivity contribution >= 4 is 24.3 Å². The molecule has 0 radical (unpaired) electrons. The second-order valence-corrected chi connectivity index (χ2v) is 8.19. The zero-order chi connectivity index (χ0) is 21.0. The molecule has 1 N–H and O–H groups in total. The molecule has 29 heavy (non-hydrogen) atoms. The molecule has 0 saturated carbocycles. The normalized spacial score (nSPS) is 11.4. The van der Waals surface area contributed by atoms with E-state index >= 15 is 0 Å². The van der Waals surface area contributed by atoms with E-state index in [1.165, 1.54) is 14.2 Å². The lowest BCUT2D eigenvalue weighted by Gasteiger charge is -2.16. The highest BCUT2D eigenvalue weighted by atomic mass is 31.2. The lowest BCUT2D eigenvalue weighted by molar-refractivity contribution is 0.281. The Balaban J connectivity index is 2.09. The third-order valence-electron chi connectivity index (χ3n) is 4.68. The Morgan fingerprint density at radius 1 is 1.10 bits per heavy atom. The van der Waals surface area contributed by atoms with Crippen LogP contribution in [0.25, 0.3) is 22.2 Å². The Morgan fingerprint density at radius 3 is 2.34 bits per heavy atom. The van der Waals surface area contributed by atoms with Crippen LogP contribution in [0.4, 0.5) is 5.69 Å². The summed E-state index contributed by atoms with van der Waals surface area (Å²) in [5.74, 6) is 0.776. The standard InChI is InChI=1S/C21H24N3O4P/c1-5-24-20-13-17(28-6-2)11-12-18(20)19(14-22)21(24)15-7-9-16(10-8-15)23-29(25,26-3)27-4/h7-13H,5-6H2,1-4H3,(H,23,25). The predicted molar refractivity (Wildman–Crippen MR) is 114 cm³/mol. The number of benzene rings is 2. The van der Waals surface area contributed by atoms with Gasteiger partial charge in [-0.3, -0.25) is 14.1 Å². The third kappa shape index (κ3) is 4.01. The summed E-state index contributed by atoms with van der Waals surface area (Å²) >= 11 is 0. The number of fused-ring (bicyclic) bond motifs is 1. The van der Waals surface area contributed by atoms with Crippen molar-refractivity contribution in [1.29, 1.82) is 5.26 Å². The first-order chi connectivity index (χ1) is 14.0. The molecule has 1 aromatic heterocycles. The van der Waals surface area contributed by atoms with Crippen molar-refractivity contribution in [2.45, 2.75) is 20.4 Å². The van der Waals surface area contributed by atoms with Crippen LogP contribution in [-0.4, -0.2) is 25.4 Å². The zero-order valence-electron chi connectivity index (χ0n) is 16.9. The smallest absolute Gasteiger partial charge is 0.432 e. The van der Waals surface area contributed by atoms with E-state index in [2.05, 4.69) is 15.7 Å². The Kier molecular flexibility index (Phi) is 6.29. The summed E-state index contributed by atoms with van der Waals surface area (Å²) < 4.78 is 29.8. The highest BCUT2D eigenvalue weighted by Gasteiger charge is 2.22. The molecule has 0 aliphatic rings. The minimum absolute atomic E-state index is 0.581. The highest BCUT2D eigenvalue weighted by Crippen LogP contribution is 2.46. The van der Waals surface area contributed by atoms with Gasteiger partial charge in [0, 0.05) is 37.9 Å². The summed E-state index contributed by atoms with van der Waals surface area (Å²) in [6, 6.07) is 15.5. The molecule has 0 amide bonds. The van der Waals surface area contributed by atoms with Crippen molar-refractivity contribution in [1.82, 2.24) is 4.57 Å². The Morgan fingerprint density at radius 2 is 1.79 bits per heavy atom. The van der Waals surface area contributed by atoms with Crippen LogP contribution in [-0.2, 0) is 20.2 Å². The topological polar surface area (TPSA) is 85.5 Å². The van der Waals surface area contributed by atoms with Gasteiger partial charge in [-0.1, -0.05) is 12.1 Å². The van der Waals surface area contributed by atoms with E-state index in [9.17, 15) is 9.83 Å². The van der Waals surface area contributed by atoms with Crippen LogP contribution >= 0.6 is 7.75 Å². The average molecular weight is 413 g/mol. The summed E-state index contributed by atoms with van der Waals surface area (Å²) in [6.07, 6.45) is 0. The molecule has 8 heteroatoms. The van der Waals surface area contributed by atoms with Crippen molar-refractivity contribution in [2.24, 2.45) is 0 Å². The molecule has 0 spiro atoms. The molecular formula is C21H24N3O4P. The Hall–Kier alpha value is -2.78. The van der Waals surface area contributed by atoms with E-state index in [1.54, 1.807) is 12.1 Å². The first-order valence-corrected chi connectivity index (χ1v) is 10.8. The van der Waals surface area contributed by atoms with Gasteiger partial charge in [0.1, 0.15) is 11.8 Å². The maximum Gasteiger partial charge on any atom is 0.432 e. The quantitative estimate of drug-likeness (QED) is 0.497. The van der Waals surface area contributed by atoms with Crippen LogP contribution in [0.1, 0.15) is 19.4 Å². The molecule has 3 rings (SSSR count). The van der Waals surface area contributed by atoms with Gasteiger partial charge in [-0.25, -0.2) is 4.57 Å². The highest BCUT2D eigenvalue weighted by molar-refractivity contribution is 7.55. The van der Waals surface area contributed by atoms with E-state index in [0.717, 1.165) is 27.9 Å². The number of aromatic nitrogens is 1. The minimum Gasteiger partial charge on any atom is -0.494 e. The van der Waals surface area contributed by atoms with Gasteiger partial charge in [0.15, 0.2) is 0 Å². The lowest BCUT2D eigenvalue weighted by Crippen LogP contribution is -2.01. The number of anilines is 1. The van der Waals surface area contributed by atoms with Crippen molar-refractivity contribution < 1.29 is 18.3 Å². The fourth-order valence-corrected chi connectivity index (χ4v) is 4.15. The number of nitrogens with one attached hydrogen (secondary N) is 1. The first-order valence-electron chi connectivity index (χ1n) is 9.29. The number of rotatable bonds is 8. The van der Waals surface area contributed by atoms with Gasteiger partial charge in [-0.15, -0.1) is 0 Å². The van der Waals surface area contributed by atoms with Crippen molar-refractivity contribution in [3.8, 4) is 23.1 Å². The van der Waals surface area contributed by atoms with E-state index in [-0.39, 0.29) is 0 Å². The van der Waals surface area contributed by atoms with Gasteiger partial charge in [-0.05, 0) is 43.7 Å². The zero-order valence-corrected chi connectivity index (χ0v) is 17.8. The van der Waals surface area contributed by atoms with Gasteiger partial charge < -0.3 is 9.30 Å². The van der Waals surface area contributed by atoms with Crippen molar-refractivity contribution in [3.63, 3.8) is 0 Å². The molecule has 3 aromatic rings. The molecule has 1 heterocycles. The van der Waals surface area contributed by atoms with Gasteiger partial charge >= 0.3 is 7.75 Å². The molecule has 0 fully saturated rings. The molecule has 7 nitrogen and oxygen atoms in total. The van der Waals surface area contributed by atoms with Crippen LogP contribution < -0.4 is 9.82 Å². The fourth-order valence-electron chi connectivity index (χ4n) is 3.35. The van der Waals surface area contributed by atoms with E-state index in [0.29, 0.717) is 24.4 Å². The molecule has 2 aromatic carbocycles. The fraction of sp³-hybridized carbons (Fsp3) is 0.286. The van der Waals surface area contributed by atoms with Crippen LogP contribution in [0.3, 0.4) is 0 Å². The molecule has 0 unspecified atom stereocenters. The minimum atomic E-state index is -3.38. The second kappa shape index (κ2) is 8.71. The second-order valence-electron chi connectivity index (χ2n) is 6.24. The molecule has 0 aliphatic carbocycles. The maximum atomic E-state index is 12.3. The van der Waals surface area contributed by atoms with Crippen LogP contribution in [0.15, 0.2) is 42.5 Å². The number of nitrogens with zero attached hydrogens (tertiary/aromatic N) is 2. The summed E-state index contributed by atoms with van der Waals surface area (Å²) in [7, 11) is -0.737. The lowest BCUT2D eigenvalue weighted by atomic mass is 10.1. The van der Waals surface area contributed by atoms with Crippen LogP contribution in [0.5, 0.6) is 5.75 Å². The van der Waals surface area contributed by atoms with Crippen LogP contribution in [0, 0.1) is 11.3 Å². The summed E-state index contributed by atoms with van der Waals surface area (Å²) in [6.45, 7) is 5.26. The number of hydrogen-bond donors (Lipinski definition) is 1. The Labute approximate surface area is 170 Å². The van der Waals surface area contributed by atoms with Gasteiger partial charge in [0.2, 0.25) is 0 Å². The molecule has 0 bridgehead atoms. The number of hydrogen-bond acceptors (Lipinski definition) is 5. The van der Waals surface area contributed by atoms with Gasteiger partial charge in [0.25, 0.3) is 0 Å². The predicted octanol–water partition coefficient (Wildman–Crippen LogP) is 5.41. The average Bonchev–Trinajstić information content (AvgIpc) is 3.07. The largest absolute Gasteiger partial charge is 0.494 e. The van der Waals surface area contributed by atoms with Gasteiger partial charge in [-0.2, -0.15) is 5.26 Å². The van der Waals surface area contributed by atoms with Crippen molar-refractivity contribution in [3.05, 3.63) is 48.0 Å². The van der Waals surface area contributed by atoms with Crippen LogP contribution in [0.2, 0.25) is 0 Å². The molecular weight excluding hydrogens is 389 g/mol. The molecule has 0 saturated heterocycles. The molecule has 152 valence electrons. The maximum absolute atomic E-state index is 12.3. The monoisotopic (exact) mass is 413 g/mol.